The van der Waals surface area contributed by atoms with Crippen molar-refractivity contribution in [1.82, 2.24) is 20.1 Å². The summed E-state index contributed by atoms with van der Waals surface area (Å²) in [6.07, 6.45) is -0.459. The number of H-pyrrole nitrogens is 1. The number of ketones is 1. The third-order valence-electron chi connectivity index (χ3n) is 10.3. The SMILES string of the molecule is Cc1cc(Oc2ccccc2F)ccc1-n1ncc(C(=O)c2cc3cc(OCC(F)F)c(N4CC5CC(NC(=O)Oc6ccc(O)cc6)C[C@H]5C4)cc3[nH]2)c1N. The Labute approximate surface area is 318 Å². The van der Waals surface area contributed by atoms with Crippen molar-refractivity contribution >= 4 is 34.3 Å². The van der Waals surface area contributed by atoms with Gasteiger partial charge in [0.1, 0.15) is 35.4 Å². The van der Waals surface area contributed by atoms with Crippen LogP contribution < -0.4 is 30.2 Å². The molecule has 1 amide bonds. The first kappa shape index (κ1) is 36.3. The number of aromatic hydroxyl groups is 1. The number of para-hydroxylation sites is 1. The number of fused-ring (bicyclic) bond motifs is 2. The maximum atomic E-state index is 14.1. The van der Waals surface area contributed by atoms with Crippen LogP contribution in [-0.2, 0) is 0 Å². The number of nitrogens with one attached hydrogen (secondary N) is 2. The fourth-order valence-electron chi connectivity index (χ4n) is 7.67. The molecule has 8 rings (SSSR count). The number of carbonyl (C=O) groups is 2. The van der Waals surface area contributed by atoms with Crippen LogP contribution in [0.5, 0.6) is 28.7 Å². The van der Waals surface area contributed by atoms with E-state index in [1.165, 1.54) is 47.3 Å². The molecule has 1 aliphatic heterocycles. The zero-order chi connectivity index (χ0) is 39.1. The summed E-state index contributed by atoms with van der Waals surface area (Å²) in [5, 5.41) is 17.4. The fourth-order valence-corrected chi connectivity index (χ4v) is 7.67. The number of aromatic nitrogens is 3. The van der Waals surface area contributed by atoms with Gasteiger partial charge >= 0.3 is 6.09 Å². The smallest absolute Gasteiger partial charge is 0.412 e. The molecule has 2 unspecified atom stereocenters. The molecule has 5 N–H and O–H groups in total. The maximum Gasteiger partial charge on any atom is 0.412 e. The van der Waals surface area contributed by atoms with Gasteiger partial charge < -0.3 is 40.3 Å². The zero-order valence-corrected chi connectivity index (χ0v) is 30.0. The number of nitrogen functional groups attached to an aromatic ring is 1. The van der Waals surface area contributed by atoms with Gasteiger partial charge in [0, 0.05) is 30.0 Å². The van der Waals surface area contributed by atoms with Crippen molar-refractivity contribution in [2.24, 2.45) is 11.8 Å². The van der Waals surface area contributed by atoms with Crippen LogP contribution in [0.15, 0.2) is 91.1 Å². The third-order valence-corrected chi connectivity index (χ3v) is 10.3. The molecule has 6 aromatic rings. The molecular weight excluding hydrogens is 729 g/mol. The minimum absolute atomic E-state index is 0.0679. The fraction of sp³-hybridized carbons (Fsp3) is 0.244. The first-order valence-electron chi connectivity index (χ1n) is 18.0. The van der Waals surface area contributed by atoms with Crippen molar-refractivity contribution in [3.05, 3.63) is 114 Å². The molecule has 0 spiro atoms. The van der Waals surface area contributed by atoms with E-state index in [9.17, 15) is 27.9 Å². The van der Waals surface area contributed by atoms with E-state index >= 15 is 0 Å². The van der Waals surface area contributed by atoms with E-state index in [2.05, 4.69) is 20.3 Å². The van der Waals surface area contributed by atoms with E-state index in [0.717, 1.165) is 0 Å². The summed E-state index contributed by atoms with van der Waals surface area (Å²) >= 11 is 0. The second-order valence-electron chi connectivity index (χ2n) is 14.1. The lowest BCUT2D eigenvalue weighted by Gasteiger charge is -2.24. The molecule has 4 aromatic carbocycles. The third kappa shape index (κ3) is 7.39. The van der Waals surface area contributed by atoms with Gasteiger partial charge in [-0.15, -0.1) is 0 Å². The number of carbonyl (C=O) groups excluding carboxylic acids is 2. The summed E-state index contributed by atoms with van der Waals surface area (Å²) in [6, 6.07) is 22.0. The lowest BCUT2D eigenvalue weighted by atomic mass is 10.0. The number of amides is 1. The van der Waals surface area contributed by atoms with Gasteiger partial charge in [-0.3, -0.25) is 4.79 Å². The van der Waals surface area contributed by atoms with Crippen molar-refractivity contribution in [3.8, 4) is 34.4 Å². The summed E-state index contributed by atoms with van der Waals surface area (Å²) < 4.78 is 59.0. The van der Waals surface area contributed by atoms with Crippen LogP contribution in [0.2, 0.25) is 0 Å². The number of aryl methyl sites for hydroxylation is 1. The quantitative estimate of drug-likeness (QED) is 0.0968. The highest BCUT2D eigenvalue weighted by atomic mass is 19.3. The van der Waals surface area contributed by atoms with E-state index in [0.29, 0.717) is 65.3 Å². The number of anilines is 2. The second-order valence-corrected chi connectivity index (χ2v) is 14.1. The summed E-state index contributed by atoms with van der Waals surface area (Å²) in [6.45, 7) is 2.25. The lowest BCUT2D eigenvalue weighted by Crippen LogP contribution is -2.36. The Morgan fingerprint density at radius 1 is 0.964 bits per heavy atom. The van der Waals surface area contributed by atoms with Crippen LogP contribution in [0, 0.1) is 24.6 Å². The molecule has 1 aliphatic carbocycles. The van der Waals surface area contributed by atoms with Crippen LogP contribution in [0.3, 0.4) is 0 Å². The first-order valence-corrected chi connectivity index (χ1v) is 18.0. The van der Waals surface area contributed by atoms with Gasteiger partial charge in [-0.2, -0.15) is 5.10 Å². The molecule has 0 radical (unpaired) electrons. The van der Waals surface area contributed by atoms with Gasteiger partial charge in [0.2, 0.25) is 5.78 Å². The standard InChI is InChI=1S/C41H37F3N6O6/c1-22-12-29(55-36-5-3-2-4-31(36)42)10-11-34(22)50-40(45)30(18-46-50)39(52)33-15-23-16-37(54-21-38(43)44)35(17-32(23)48-33)49-19-24-13-26(14-25(24)20-49)47-41(53)56-28-8-6-27(51)7-9-28/h2-12,15-18,24-26,38,48,51H,13-14,19-21,45H2,1H3,(H,47,53)/t24-,25?,26?/m0/s1. The van der Waals surface area contributed by atoms with Crippen LogP contribution in [0.1, 0.15) is 34.5 Å². The molecule has 15 heteroatoms. The number of alkyl halides is 2. The number of phenols is 1. The molecule has 12 nitrogen and oxygen atoms in total. The van der Waals surface area contributed by atoms with Crippen molar-refractivity contribution < 1.29 is 42.1 Å². The molecule has 1 saturated carbocycles. The monoisotopic (exact) mass is 766 g/mol. The number of hydrogen-bond donors (Lipinski definition) is 4. The molecule has 2 fully saturated rings. The molecule has 3 heterocycles. The zero-order valence-electron chi connectivity index (χ0n) is 30.0. The van der Waals surface area contributed by atoms with Gasteiger partial charge in [0.05, 0.1) is 28.8 Å². The second kappa shape index (κ2) is 14.9. The number of benzene rings is 4. The number of hydrogen-bond acceptors (Lipinski definition) is 9. The van der Waals surface area contributed by atoms with Crippen molar-refractivity contribution in [1.29, 1.82) is 0 Å². The topological polar surface area (TPSA) is 157 Å². The number of rotatable bonds is 11. The molecule has 288 valence electrons. The maximum absolute atomic E-state index is 14.1. The van der Waals surface area contributed by atoms with Crippen molar-refractivity contribution in [3.63, 3.8) is 0 Å². The highest BCUT2D eigenvalue weighted by Crippen LogP contribution is 2.44. The van der Waals surface area contributed by atoms with Gasteiger partial charge in [-0.05, 0) is 110 Å². The molecule has 1 saturated heterocycles. The Morgan fingerprint density at radius 2 is 1.70 bits per heavy atom. The van der Waals surface area contributed by atoms with Gasteiger partial charge in [0.15, 0.2) is 11.6 Å². The van der Waals surface area contributed by atoms with Gasteiger partial charge in [0.25, 0.3) is 6.43 Å². The average molecular weight is 767 g/mol. The Hall–Kier alpha value is -6.64. The molecule has 0 bridgehead atoms. The molecule has 2 aromatic heterocycles. The molecule has 56 heavy (non-hydrogen) atoms. The Morgan fingerprint density at radius 3 is 2.41 bits per heavy atom. The van der Waals surface area contributed by atoms with Crippen LogP contribution >= 0.6 is 0 Å². The highest BCUT2D eigenvalue weighted by molar-refractivity contribution is 6.12. The van der Waals surface area contributed by atoms with Crippen LogP contribution in [0.4, 0.5) is 29.5 Å². The Bertz CT molecular complexity index is 2420. The number of phenolic OH excluding ortho intramolecular Hbond substituents is 1. The van der Waals surface area contributed by atoms with Crippen molar-refractivity contribution in [2.45, 2.75) is 32.2 Å². The summed E-state index contributed by atoms with van der Waals surface area (Å²) in [7, 11) is 0. The van der Waals surface area contributed by atoms with Gasteiger partial charge in [-0.25, -0.2) is 22.6 Å². The summed E-state index contributed by atoms with van der Waals surface area (Å²) in [5.41, 5.74) is 9.40. The van der Waals surface area contributed by atoms with E-state index in [-0.39, 0.29) is 52.2 Å². The summed E-state index contributed by atoms with van der Waals surface area (Å²) in [5.74, 6) is 0.804. The number of nitrogens with two attached hydrogens (primary N) is 1. The molecule has 3 atom stereocenters. The highest BCUT2D eigenvalue weighted by Gasteiger charge is 2.42. The predicted molar refractivity (Wildman–Crippen MR) is 202 cm³/mol. The van der Waals surface area contributed by atoms with Crippen LogP contribution in [-0.4, -0.2) is 63.9 Å². The molecule has 2 aliphatic rings. The van der Waals surface area contributed by atoms with E-state index in [4.69, 9.17) is 19.9 Å². The van der Waals surface area contributed by atoms with E-state index in [1.807, 2.05) is 6.92 Å². The first-order chi connectivity index (χ1) is 27.0. The number of nitrogens with zero attached hydrogens (tertiary/aromatic N) is 3. The largest absolute Gasteiger partial charge is 0.508 e. The van der Waals surface area contributed by atoms with Gasteiger partial charge in [-0.1, -0.05) is 12.1 Å². The minimum Gasteiger partial charge on any atom is -0.508 e. The Kier molecular flexibility index (Phi) is 9.66. The number of ether oxygens (including phenoxy) is 3. The average Bonchev–Trinajstić information content (AvgIpc) is 3.95. The van der Waals surface area contributed by atoms with E-state index in [1.54, 1.807) is 48.5 Å². The number of halogens is 3. The minimum atomic E-state index is -2.69. The summed E-state index contributed by atoms with van der Waals surface area (Å²) in [4.78, 5) is 31.6. The van der Waals surface area contributed by atoms with Crippen LogP contribution in [0.25, 0.3) is 16.6 Å². The number of aromatic amines is 1. The predicted octanol–water partition coefficient (Wildman–Crippen LogP) is 7.76. The lowest BCUT2D eigenvalue weighted by molar-refractivity contribution is 0.0822. The molecular formula is C41H37F3N6O6. The van der Waals surface area contributed by atoms with E-state index < -0.39 is 30.7 Å². The Balaban J connectivity index is 0.978. The van der Waals surface area contributed by atoms with Crippen molar-refractivity contribution in [2.75, 3.05) is 30.3 Å². The normalized spacial score (nSPS) is 17.7.